The summed E-state index contributed by atoms with van der Waals surface area (Å²) in [6, 6.07) is 3.72. The van der Waals surface area contributed by atoms with Gasteiger partial charge in [0.1, 0.15) is 17.7 Å². The molecule has 0 saturated heterocycles. The van der Waals surface area contributed by atoms with Crippen molar-refractivity contribution in [2.75, 3.05) is 13.2 Å². The van der Waals surface area contributed by atoms with Crippen LogP contribution in [-0.4, -0.2) is 65.5 Å². The largest absolute Gasteiger partial charge is 0.466 e. The summed E-state index contributed by atoms with van der Waals surface area (Å²) in [4.78, 5) is 65.1. The molecule has 2 rings (SSSR count). The van der Waals surface area contributed by atoms with Crippen LogP contribution in [0.3, 0.4) is 0 Å². The van der Waals surface area contributed by atoms with Crippen molar-refractivity contribution in [2.24, 2.45) is 11.7 Å². The van der Waals surface area contributed by atoms with E-state index >= 15 is 0 Å². The van der Waals surface area contributed by atoms with Crippen LogP contribution in [0.1, 0.15) is 71.0 Å². The lowest BCUT2D eigenvalue weighted by molar-refractivity contribution is -0.145. The number of carbonyl (C=O) groups excluding carboxylic acids is 5. The van der Waals surface area contributed by atoms with Gasteiger partial charge in [0.25, 0.3) is 0 Å². The molecule has 0 spiro atoms. The monoisotopic (exact) mass is 542 g/mol. The first-order valence-electron chi connectivity index (χ1n) is 12.9. The summed E-state index contributed by atoms with van der Waals surface area (Å²) < 4.78 is 10.2. The molecule has 0 radical (unpaired) electrons. The van der Waals surface area contributed by atoms with Gasteiger partial charge < -0.3 is 30.7 Å². The number of hydrogen-bond acceptors (Lipinski definition) is 7. The lowest BCUT2D eigenvalue weighted by Crippen LogP contribution is -2.55. The molecule has 1 aliphatic rings. The Morgan fingerprint density at radius 2 is 1.79 bits per heavy atom. The third-order valence-electron chi connectivity index (χ3n) is 5.93. The zero-order chi connectivity index (χ0) is 29.3. The molecule has 4 amide bonds. The molecule has 0 bridgehead atoms. The van der Waals surface area contributed by atoms with E-state index in [1.165, 1.54) is 4.90 Å². The van der Waals surface area contributed by atoms with Gasteiger partial charge in [0.2, 0.25) is 17.7 Å². The summed E-state index contributed by atoms with van der Waals surface area (Å²) in [5, 5.41) is 5.15. The number of nitrogens with two attached hydrogens (primary N) is 1. The Hall–Kier alpha value is -4.07. The molecule has 0 heterocycles. The van der Waals surface area contributed by atoms with E-state index in [-0.39, 0.29) is 31.5 Å². The van der Waals surface area contributed by atoms with Gasteiger partial charge in [0.05, 0.1) is 19.4 Å². The fraction of sp³-hybridized carbons (Fsp3) is 0.536. The fourth-order valence-corrected chi connectivity index (χ4v) is 4.02. The molecule has 4 unspecified atom stereocenters. The normalized spacial score (nSPS) is 17.5. The van der Waals surface area contributed by atoms with Crippen molar-refractivity contribution in [3.8, 4) is 12.3 Å². The van der Waals surface area contributed by atoms with Crippen LogP contribution in [0.2, 0.25) is 0 Å². The van der Waals surface area contributed by atoms with Gasteiger partial charge in [-0.05, 0) is 57.7 Å². The minimum absolute atomic E-state index is 0.0142. The van der Waals surface area contributed by atoms with Gasteiger partial charge >= 0.3 is 12.1 Å². The maximum absolute atomic E-state index is 14.0. The summed E-state index contributed by atoms with van der Waals surface area (Å²) in [6.45, 7) is 8.78. The number of alkyl carbamates (subject to hydrolysis) is 1. The molecule has 1 fully saturated rings. The summed E-state index contributed by atoms with van der Waals surface area (Å²) >= 11 is 0. The van der Waals surface area contributed by atoms with Crippen molar-refractivity contribution >= 4 is 29.8 Å². The summed E-state index contributed by atoms with van der Waals surface area (Å²) in [6.07, 6.45) is 4.63. The molecule has 0 aromatic heterocycles. The van der Waals surface area contributed by atoms with E-state index in [1.807, 2.05) is 6.92 Å². The van der Waals surface area contributed by atoms with Gasteiger partial charge in [-0.2, -0.15) is 0 Å². The molecule has 4 atom stereocenters. The lowest BCUT2D eigenvalue weighted by Gasteiger charge is -2.35. The highest BCUT2D eigenvalue weighted by molar-refractivity contribution is 5.95. The number of hydrogen-bond donors (Lipinski definition) is 3. The predicted octanol–water partition coefficient (Wildman–Crippen LogP) is 1.78. The Balaban J connectivity index is 2.45. The van der Waals surface area contributed by atoms with Crippen molar-refractivity contribution in [3.63, 3.8) is 0 Å². The molecule has 11 heteroatoms. The lowest BCUT2D eigenvalue weighted by atomic mass is 10.00. The number of rotatable bonds is 12. The Labute approximate surface area is 229 Å². The number of esters is 1. The van der Waals surface area contributed by atoms with Crippen LogP contribution in [0, 0.1) is 18.3 Å². The van der Waals surface area contributed by atoms with E-state index in [4.69, 9.17) is 21.6 Å². The van der Waals surface area contributed by atoms with E-state index in [9.17, 15) is 24.0 Å². The number of primary amides is 1. The topological polar surface area (TPSA) is 157 Å². The summed E-state index contributed by atoms with van der Waals surface area (Å²) in [5.41, 5.74) is 5.60. The number of nitrogens with one attached hydrogen (secondary N) is 2. The molecule has 1 aliphatic carbocycles. The van der Waals surface area contributed by atoms with Crippen molar-refractivity contribution in [3.05, 3.63) is 35.4 Å². The quantitative estimate of drug-likeness (QED) is 0.268. The van der Waals surface area contributed by atoms with E-state index in [1.54, 1.807) is 52.0 Å². The first-order valence-corrected chi connectivity index (χ1v) is 12.9. The van der Waals surface area contributed by atoms with E-state index in [0.29, 0.717) is 17.5 Å². The van der Waals surface area contributed by atoms with Crippen LogP contribution < -0.4 is 16.4 Å². The Morgan fingerprint density at radius 1 is 1.18 bits per heavy atom. The fourth-order valence-electron chi connectivity index (χ4n) is 4.02. The van der Waals surface area contributed by atoms with Crippen molar-refractivity contribution < 1.29 is 33.4 Å². The van der Waals surface area contributed by atoms with E-state index in [0.717, 1.165) is 0 Å². The SMILES string of the molecule is C#Cc1ccc(C(C(=O)NCCC(=O)OCC)N(C(=O)C(CC(N)=O)NC(=O)OC(C)(C)C)C2CC2C)cc1. The Morgan fingerprint density at radius 3 is 2.28 bits per heavy atom. The van der Waals surface area contributed by atoms with Crippen LogP contribution in [-0.2, 0) is 28.7 Å². The van der Waals surface area contributed by atoms with Crippen LogP contribution >= 0.6 is 0 Å². The molecular weight excluding hydrogens is 504 g/mol. The van der Waals surface area contributed by atoms with Gasteiger partial charge in [-0.25, -0.2) is 4.79 Å². The molecule has 1 saturated carbocycles. The molecule has 0 aliphatic heterocycles. The number of terminal acetylenes is 1. The zero-order valence-corrected chi connectivity index (χ0v) is 23.1. The highest BCUT2D eigenvalue weighted by atomic mass is 16.6. The second-order valence-corrected chi connectivity index (χ2v) is 10.4. The molecule has 4 N–H and O–H groups in total. The van der Waals surface area contributed by atoms with Crippen LogP contribution in [0.5, 0.6) is 0 Å². The smallest absolute Gasteiger partial charge is 0.408 e. The number of benzene rings is 1. The van der Waals surface area contributed by atoms with Gasteiger partial charge in [0, 0.05) is 18.2 Å². The molecule has 212 valence electrons. The number of ether oxygens (including phenoxy) is 2. The van der Waals surface area contributed by atoms with Gasteiger partial charge in [0.15, 0.2) is 0 Å². The number of nitrogens with zero attached hydrogens (tertiary/aromatic N) is 1. The van der Waals surface area contributed by atoms with Gasteiger partial charge in [-0.3, -0.25) is 19.2 Å². The van der Waals surface area contributed by atoms with Crippen molar-refractivity contribution in [1.82, 2.24) is 15.5 Å². The first kappa shape index (κ1) is 31.1. The average molecular weight is 543 g/mol. The second-order valence-electron chi connectivity index (χ2n) is 10.4. The summed E-state index contributed by atoms with van der Waals surface area (Å²) in [5.74, 6) is 0.0673. The maximum atomic E-state index is 14.0. The molecular formula is C28H38N4O7. The third kappa shape index (κ3) is 9.63. The zero-order valence-electron chi connectivity index (χ0n) is 23.1. The molecule has 1 aromatic rings. The van der Waals surface area contributed by atoms with Crippen molar-refractivity contribution in [1.29, 1.82) is 0 Å². The average Bonchev–Trinajstić information content (AvgIpc) is 3.56. The van der Waals surface area contributed by atoms with E-state index < -0.39 is 53.9 Å². The second kappa shape index (κ2) is 13.6. The molecule has 1 aromatic carbocycles. The Kier molecular flexibility index (Phi) is 10.9. The highest BCUT2D eigenvalue weighted by Gasteiger charge is 2.48. The third-order valence-corrected chi connectivity index (χ3v) is 5.93. The van der Waals surface area contributed by atoms with Crippen LogP contribution in [0.15, 0.2) is 24.3 Å². The first-order chi connectivity index (χ1) is 18.3. The summed E-state index contributed by atoms with van der Waals surface area (Å²) in [7, 11) is 0. The predicted molar refractivity (Wildman–Crippen MR) is 143 cm³/mol. The minimum atomic E-state index is -1.37. The highest BCUT2D eigenvalue weighted by Crippen LogP contribution is 2.41. The minimum Gasteiger partial charge on any atom is -0.466 e. The standard InChI is InChI=1S/C28H38N4O7/c1-7-18-9-11-19(12-10-18)24(25(35)30-14-13-23(34)38-8-2)32(21-15-17(21)3)26(36)20(16-22(29)33)31-27(37)39-28(4,5)6/h1,9-12,17,20-21,24H,8,13-16H2,2-6H3,(H2,29,33)(H,30,35)(H,31,37). The van der Waals surface area contributed by atoms with Gasteiger partial charge in [-0.1, -0.05) is 25.0 Å². The Bertz CT molecular complexity index is 1100. The van der Waals surface area contributed by atoms with Crippen LogP contribution in [0.25, 0.3) is 0 Å². The maximum Gasteiger partial charge on any atom is 0.408 e. The number of amides is 4. The molecule has 39 heavy (non-hydrogen) atoms. The number of carbonyl (C=O) groups is 5. The van der Waals surface area contributed by atoms with E-state index in [2.05, 4.69) is 16.6 Å². The van der Waals surface area contributed by atoms with Gasteiger partial charge in [-0.15, -0.1) is 6.42 Å². The van der Waals surface area contributed by atoms with Crippen molar-refractivity contribution in [2.45, 2.75) is 77.6 Å². The molecule has 11 nitrogen and oxygen atoms in total. The van der Waals surface area contributed by atoms with Crippen LogP contribution in [0.4, 0.5) is 4.79 Å².